The average Bonchev–Trinajstić information content (AvgIpc) is 2.84. The van der Waals surface area contributed by atoms with Crippen LogP contribution in [-0.2, 0) is 11.2 Å². The van der Waals surface area contributed by atoms with Crippen molar-refractivity contribution in [3.63, 3.8) is 0 Å². The van der Waals surface area contributed by atoms with Gasteiger partial charge in [-0.1, -0.05) is 13.0 Å². The SMILES string of the molecule is CCc1cn2c(C3=CCOCC3)ncc2c(=O)[nH]1. The minimum absolute atomic E-state index is 0.0826. The van der Waals surface area contributed by atoms with Gasteiger partial charge in [0.05, 0.1) is 19.4 Å². The first-order valence-electron chi connectivity index (χ1n) is 6.16. The molecule has 0 spiro atoms. The van der Waals surface area contributed by atoms with E-state index in [1.807, 2.05) is 23.6 Å². The van der Waals surface area contributed by atoms with E-state index < -0.39 is 0 Å². The van der Waals surface area contributed by atoms with Crippen LogP contribution in [0.4, 0.5) is 0 Å². The number of rotatable bonds is 2. The molecule has 0 aromatic carbocycles. The van der Waals surface area contributed by atoms with Crippen LogP contribution in [0.25, 0.3) is 11.1 Å². The maximum absolute atomic E-state index is 11.9. The van der Waals surface area contributed by atoms with Crippen LogP contribution in [0.3, 0.4) is 0 Å². The summed E-state index contributed by atoms with van der Waals surface area (Å²) in [5, 5.41) is 0. The molecule has 2 aromatic heterocycles. The molecule has 5 heteroatoms. The minimum atomic E-state index is -0.0826. The maximum Gasteiger partial charge on any atom is 0.274 e. The lowest BCUT2D eigenvalue weighted by atomic mass is 10.1. The van der Waals surface area contributed by atoms with Crippen molar-refractivity contribution in [1.29, 1.82) is 0 Å². The standard InChI is InChI=1S/C13H15N3O2/c1-2-10-8-16-11(13(17)15-10)7-14-12(16)9-3-5-18-6-4-9/h3,7-8H,2,4-6H2,1H3,(H,15,17). The number of hydrogen-bond donors (Lipinski definition) is 1. The number of aromatic nitrogens is 3. The summed E-state index contributed by atoms with van der Waals surface area (Å²) < 4.78 is 7.18. The van der Waals surface area contributed by atoms with E-state index in [0.717, 1.165) is 29.9 Å². The summed E-state index contributed by atoms with van der Waals surface area (Å²) in [6.45, 7) is 3.35. The van der Waals surface area contributed by atoms with E-state index in [2.05, 4.69) is 9.97 Å². The summed E-state index contributed by atoms with van der Waals surface area (Å²) in [6, 6.07) is 0. The molecule has 0 radical (unpaired) electrons. The van der Waals surface area contributed by atoms with Gasteiger partial charge in [0, 0.05) is 11.9 Å². The zero-order valence-corrected chi connectivity index (χ0v) is 10.3. The molecule has 18 heavy (non-hydrogen) atoms. The first kappa shape index (κ1) is 11.2. The fourth-order valence-electron chi connectivity index (χ4n) is 2.20. The molecule has 0 bridgehead atoms. The molecule has 1 N–H and O–H groups in total. The summed E-state index contributed by atoms with van der Waals surface area (Å²) in [6.07, 6.45) is 7.25. The summed E-state index contributed by atoms with van der Waals surface area (Å²) in [4.78, 5) is 19.1. The number of aryl methyl sites for hydroxylation is 1. The van der Waals surface area contributed by atoms with Crippen LogP contribution < -0.4 is 5.56 Å². The van der Waals surface area contributed by atoms with Crippen molar-refractivity contribution in [1.82, 2.24) is 14.4 Å². The molecular formula is C13H15N3O2. The lowest BCUT2D eigenvalue weighted by molar-refractivity contribution is 0.161. The highest BCUT2D eigenvalue weighted by Crippen LogP contribution is 2.20. The summed E-state index contributed by atoms with van der Waals surface area (Å²) in [7, 11) is 0. The number of nitrogens with zero attached hydrogens (tertiary/aromatic N) is 2. The maximum atomic E-state index is 11.9. The third-order valence-corrected chi connectivity index (χ3v) is 3.22. The number of nitrogens with one attached hydrogen (secondary N) is 1. The molecule has 2 aromatic rings. The molecule has 1 aliphatic rings. The molecular weight excluding hydrogens is 230 g/mol. The van der Waals surface area contributed by atoms with Gasteiger partial charge in [0.2, 0.25) is 0 Å². The van der Waals surface area contributed by atoms with Crippen molar-refractivity contribution >= 4 is 11.1 Å². The Bertz CT molecular complexity index is 666. The smallest absolute Gasteiger partial charge is 0.274 e. The molecule has 0 unspecified atom stereocenters. The number of hydrogen-bond acceptors (Lipinski definition) is 3. The molecule has 0 fully saturated rings. The Hall–Kier alpha value is -1.88. The fraction of sp³-hybridized carbons (Fsp3) is 0.385. The van der Waals surface area contributed by atoms with E-state index in [-0.39, 0.29) is 5.56 Å². The normalized spacial score (nSPS) is 15.9. The molecule has 94 valence electrons. The molecule has 5 nitrogen and oxygen atoms in total. The second kappa shape index (κ2) is 4.42. The van der Waals surface area contributed by atoms with E-state index >= 15 is 0 Å². The molecule has 3 heterocycles. The van der Waals surface area contributed by atoms with Gasteiger partial charge in [0.15, 0.2) is 0 Å². The second-order valence-corrected chi connectivity index (χ2v) is 4.35. The van der Waals surface area contributed by atoms with Gasteiger partial charge < -0.3 is 9.72 Å². The molecule has 0 aliphatic carbocycles. The topological polar surface area (TPSA) is 59.4 Å². The Morgan fingerprint density at radius 2 is 2.44 bits per heavy atom. The average molecular weight is 245 g/mol. The third-order valence-electron chi connectivity index (χ3n) is 3.22. The minimum Gasteiger partial charge on any atom is -0.377 e. The number of aromatic amines is 1. The van der Waals surface area contributed by atoms with E-state index in [0.29, 0.717) is 18.7 Å². The van der Waals surface area contributed by atoms with Gasteiger partial charge in [-0.15, -0.1) is 0 Å². The molecule has 0 saturated heterocycles. The van der Waals surface area contributed by atoms with Gasteiger partial charge in [0.25, 0.3) is 5.56 Å². The van der Waals surface area contributed by atoms with Crippen LogP contribution in [-0.4, -0.2) is 27.6 Å². The van der Waals surface area contributed by atoms with E-state index in [4.69, 9.17) is 4.74 Å². The zero-order valence-electron chi connectivity index (χ0n) is 10.3. The van der Waals surface area contributed by atoms with Crippen molar-refractivity contribution in [2.75, 3.05) is 13.2 Å². The molecule has 0 saturated carbocycles. The predicted octanol–water partition coefficient (Wildman–Crippen LogP) is 1.39. The highest BCUT2D eigenvalue weighted by Gasteiger charge is 2.13. The number of fused-ring (bicyclic) bond motifs is 1. The fourth-order valence-corrected chi connectivity index (χ4v) is 2.20. The molecule has 0 amide bonds. The number of ether oxygens (including phenoxy) is 1. The van der Waals surface area contributed by atoms with Crippen molar-refractivity contribution < 1.29 is 4.74 Å². The second-order valence-electron chi connectivity index (χ2n) is 4.35. The van der Waals surface area contributed by atoms with Crippen molar-refractivity contribution in [3.05, 3.63) is 40.3 Å². The number of H-pyrrole nitrogens is 1. The summed E-state index contributed by atoms with van der Waals surface area (Å²) in [5.74, 6) is 0.856. The van der Waals surface area contributed by atoms with Gasteiger partial charge in [-0.3, -0.25) is 9.20 Å². The first-order chi connectivity index (χ1) is 8.79. The van der Waals surface area contributed by atoms with Crippen LogP contribution in [0.1, 0.15) is 24.9 Å². The van der Waals surface area contributed by atoms with Crippen LogP contribution in [0.15, 0.2) is 23.3 Å². The molecule has 3 rings (SSSR count). The van der Waals surface area contributed by atoms with E-state index in [1.165, 1.54) is 0 Å². The van der Waals surface area contributed by atoms with Gasteiger partial charge in [-0.05, 0) is 18.4 Å². The highest BCUT2D eigenvalue weighted by molar-refractivity contribution is 5.64. The lowest BCUT2D eigenvalue weighted by Crippen LogP contribution is -2.13. The van der Waals surface area contributed by atoms with Crippen molar-refractivity contribution in [2.24, 2.45) is 0 Å². The van der Waals surface area contributed by atoms with Crippen LogP contribution in [0.2, 0.25) is 0 Å². The van der Waals surface area contributed by atoms with Crippen LogP contribution >= 0.6 is 0 Å². The van der Waals surface area contributed by atoms with Gasteiger partial charge >= 0.3 is 0 Å². The molecule has 1 aliphatic heterocycles. The third kappa shape index (κ3) is 1.76. The van der Waals surface area contributed by atoms with E-state index in [9.17, 15) is 4.79 Å². The van der Waals surface area contributed by atoms with Crippen LogP contribution in [0, 0.1) is 0 Å². The Morgan fingerprint density at radius 1 is 1.56 bits per heavy atom. The van der Waals surface area contributed by atoms with Gasteiger partial charge in [-0.25, -0.2) is 4.98 Å². The monoisotopic (exact) mass is 245 g/mol. The van der Waals surface area contributed by atoms with Gasteiger partial charge in [0.1, 0.15) is 11.3 Å². The Kier molecular flexibility index (Phi) is 2.76. The first-order valence-corrected chi connectivity index (χ1v) is 6.16. The number of imidazole rings is 1. The van der Waals surface area contributed by atoms with E-state index in [1.54, 1.807) is 6.20 Å². The van der Waals surface area contributed by atoms with Crippen molar-refractivity contribution in [3.8, 4) is 0 Å². The van der Waals surface area contributed by atoms with Gasteiger partial charge in [-0.2, -0.15) is 0 Å². The Balaban J connectivity index is 2.21. The van der Waals surface area contributed by atoms with Crippen molar-refractivity contribution in [2.45, 2.75) is 19.8 Å². The van der Waals surface area contributed by atoms with Crippen LogP contribution in [0.5, 0.6) is 0 Å². The highest BCUT2D eigenvalue weighted by atomic mass is 16.5. The zero-order chi connectivity index (χ0) is 12.5. The summed E-state index contributed by atoms with van der Waals surface area (Å²) >= 11 is 0. The Labute approximate surface area is 104 Å². The Morgan fingerprint density at radius 3 is 3.17 bits per heavy atom. The largest absolute Gasteiger partial charge is 0.377 e. The predicted molar refractivity (Wildman–Crippen MR) is 68.6 cm³/mol. The molecule has 0 atom stereocenters. The summed E-state index contributed by atoms with van der Waals surface area (Å²) in [5.41, 5.74) is 2.57. The quantitative estimate of drug-likeness (QED) is 0.869. The lowest BCUT2D eigenvalue weighted by Gasteiger charge is -2.12.